The van der Waals surface area contributed by atoms with E-state index in [1.807, 2.05) is 18.3 Å². The fourth-order valence-corrected chi connectivity index (χ4v) is 3.34. The van der Waals surface area contributed by atoms with Crippen LogP contribution in [-0.2, 0) is 0 Å². The number of anilines is 1. The monoisotopic (exact) mass is 372 g/mol. The molecule has 0 radical (unpaired) electrons. The summed E-state index contributed by atoms with van der Waals surface area (Å²) in [6.45, 7) is 2.34. The van der Waals surface area contributed by atoms with Crippen LogP contribution in [0.5, 0.6) is 11.5 Å². The Hall–Kier alpha value is -1.39. The van der Waals surface area contributed by atoms with Gasteiger partial charge in [-0.2, -0.15) is 0 Å². The standard InChI is InChI=1S/C18H24N2O2.2ClH/c1-12-5-4-6-14(7-12)20-15-8-13-9-17(21-2)18(22-3)10-16(13)19-11-15;;/h8-12,14,20H,4-7H2,1-3H3;2*1H/t12-,14+;;/m1../s1. The largest absolute Gasteiger partial charge is 0.493 e. The Bertz CT molecular complexity index is 667. The molecule has 2 aromatic rings. The van der Waals surface area contributed by atoms with Crippen molar-refractivity contribution in [3.8, 4) is 11.5 Å². The highest BCUT2D eigenvalue weighted by Crippen LogP contribution is 2.33. The summed E-state index contributed by atoms with van der Waals surface area (Å²) in [4.78, 5) is 4.55. The van der Waals surface area contributed by atoms with Crippen LogP contribution in [0.25, 0.3) is 10.9 Å². The van der Waals surface area contributed by atoms with Crippen molar-refractivity contribution in [2.45, 2.75) is 38.6 Å². The van der Waals surface area contributed by atoms with Crippen molar-refractivity contribution in [1.29, 1.82) is 0 Å². The first-order valence-corrected chi connectivity index (χ1v) is 7.98. The number of nitrogens with one attached hydrogen (secondary N) is 1. The van der Waals surface area contributed by atoms with Gasteiger partial charge in [0.1, 0.15) is 0 Å². The maximum Gasteiger partial charge on any atom is 0.162 e. The Balaban J connectivity index is 0.00000144. The number of methoxy groups -OCH3 is 2. The molecule has 0 spiro atoms. The summed E-state index contributed by atoms with van der Waals surface area (Å²) in [5, 5.41) is 4.70. The van der Waals surface area contributed by atoms with E-state index in [9.17, 15) is 0 Å². The van der Waals surface area contributed by atoms with Gasteiger partial charge in [0, 0.05) is 17.5 Å². The fraction of sp³-hybridized carbons (Fsp3) is 0.500. The van der Waals surface area contributed by atoms with Gasteiger partial charge in [-0.15, -0.1) is 24.8 Å². The molecule has 6 heteroatoms. The normalized spacial score (nSPS) is 19.8. The summed E-state index contributed by atoms with van der Waals surface area (Å²) in [7, 11) is 3.30. The minimum absolute atomic E-state index is 0. The Kier molecular flexibility index (Phi) is 7.91. The summed E-state index contributed by atoms with van der Waals surface area (Å²) in [5.74, 6) is 2.26. The van der Waals surface area contributed by atoms with E-state index in [0.29, 0.717) is 11.8 Å². The highest BCUT2D eigenvalue weighted by molar-refractivity contribution is 5.86. The van der Waals surface area contributed by atoms with Gasteiger partial charge in [0.2, 0.25) is 0 Å². The number of nitrogens with zero attached hydrogens (tertiary/aromatic N) is 1. The summed E-state index contributed by atoms with van der Waals surface area (Å²) in [6, 6.07) is 6.60. The summed E-state index contributed by atoms with van der Waals surface area (Å²) >= 11 is 0. The Labute approximate surface area is 156 Å². The van der Waals surface area contributed by atoms with E-state index in [1.54, 1.807) is 14.2 Å². The molecule has 3 rings (SSSR count). The fourth-order valence-electron chi connectivity index (χ4n) is 3.34. The van der Waals surface area contributed by atoms with Crippen LogP contribution in [0.2, 0.25) is 0 Å². The van der Waals surface area contributed by atoms with Gasteiger partial charge < -0.3 is 14.8 Å². The molecular weight excluding hydrogens is 347 g/mol. The van der Waals surface area contributed by atoms with Crippen molar-refractivity contribution in [1.82, 2.24) is 4.98 Å². The van der Waals surface area contributed by atoms with Gasteiger partial charge in [-0.1, -0.05) is 19.8 Å². The van der Waals surface area contributed by atoms with E-state index >= 15 is 0 Å². The molecule has 1 aliphatic rings. The molecule has 4 nitrogen and oxygen atoms in total. The highest BCUT2D eigenvalue weighted by atomic mass is 35.5. The minimum Gasteiger partial charge on any atom is -0.493 e. The van der Waals surface area contributed by atoms with Crippen molar-refractivity contribution in [3.05, 3.63) is 24.4 Å². The number of hydrogen-bond acceptors (Lipinski definition) is 4. The van der Waals surface area contributed by atoms with Gasteiger partial charge in [-0.05, 0) is 30.9 Å². The van der Waals surface area contributed by atoms with Gasteiger partial charge >= 0.3 is 0 Å². The van der Waals surface area contributed by atoms with E-state index < -0.39 is 0 Å². The van der Waals surface area contributed by atoms with Crippen LogP contribution in [0.3, 0.4) is 0 Å². The molecule has 24 heavy (non-hydrogen) atoms. The first kappa shape index (κ1) is 20.7. The van der Waals surface area contributed by atoms with E-state index in [4.69, 9.17) is 9.47 Å². The molecule has 0 bridgehead atoms. The second-order valence-electron chi connectivity index (χ2n) is 6.24. The summed E-state index contributed by atoms with van der Waals surface area (Å²) in [5.41, 5.74) is 2.00. The second-order valence-corrected chi connectivity index (χ2v) is 6.24. The molecule has 1 aromatic heterocycles. The first-order chi connectivity index (χ1) is 10.7. The third-order valence-corrected chi connectivity index (χ3v) is 4.49. The zero-order valence-electron chi connectivity index (χ0n) is 14.4. The average molecular weight is 373 g/mol. The lowest BCUT2D eigenvalue weighted by atomic mass is 9.87. The van der Waals surface area contributed by atoms with Crippen molar-refractivity contribution in [2.75, 3.05) is 19.5 Å². The first-order valence-electron chi connectivity index (χ1n) is 7.98. The van der Waals surface area contributed by atoms with Gasteiger partial charge in [-0.3, -0.25) is 4.98 Å². The number of benzene rings is 1. The number of ether oxygens (including phenoxy) is 2. The summed E-state index contributed by atoms with van der Waals surface area (Å²) in [6.07, 6.45) is 7.06. The van der Waals surface area contributed by atoms with Crippen LogP contribution in [0.4, 0.5) is 5.69 Å². The lowest BCUT2D eigenvalue weighted by Crippen LogP contribution is -2.26. The van der Waals surface area contributed by atoms with Gasteiger partial charge in [0.15, 0.2) is 11.5 Å². The maximum atomic E-state index is 5.38. The molecular formula is C18H26Cl2N2O2. The molecule has 1 fully saturated rings. The van der Waals surface area contributed by atoms with Crippen molar-refractivity contribution in [3.63, 3.8) is 0 Å². The Morgan fingerprint density at radius 2 is 1.75 bits per heavy atom. The van der Waals surface area contributed by atoms with E-state index in [2.05, 4.69) is 23.3 Å². The molecule has 1 aliphatic carbocycles. The quantitative estimate of drug-likeness (QED) is 0.811. The lowest BCUT2D eigenvalue weighted by Gasteiger charge is -2.28. The minimum atomic E-state index is 0. The predicted molar refractivity (Wildman–Crippen MR) is 104 cm³/mol. The van der Waals surface area contributed by atoms with Crippen LogP contribution < -0.4 is 14.8 Å². The molecule has 134 valence electrons. The van der Waals surface area contributed by atoms with Crippen LogP contribution in [-0.4, -0.2) is 25.2 Å². The maximum absolute atomic E-state index is 5.38. The second kappa shape index (κ2) is 9.19. The third-order valence-electron chi connectivity index (χ3n) is 4.49. The van der Waals surface area contributed by atoms with Crippen molar-refractivity contribution >= 4 is 41.4 Å². The molecule has 1 heterocycles. The van der Waals surface area contributed by atoms with Gasteiger partial charge in [-0.25, -0.2) is 0 Å². The zero-order chi connectivity index (χ0) is 15.5. The van der Waals surface area contributed by atoms with Crippen molar-refractivity contribution in [2.24, 2.45) is 5.92 Å². The number of halogens is 2. The van der Waals surface area contributed by atoms with E-state index in [0.717, 1.165) is 28.3 Å². The van der Waals surface area contributed by atoms with Crippen LogP contribution in [0.1, 0.15) is 32.6 Å². The molecule has 1 aromatic carbocycles. The van der Waals surface area contributed by atoms with Crippen molar-refractivity contribution < 1.29 is 9.47 Å². The Morgan fingerprint density at radius 1 is 1.04 bits per heavy atom. The average Bonchev–Trinajstić information content (AvgIpc) is 2.53. The molecule has 1 saturated carbocycles. The zero-order valence-corrected chi connectivity index (χ0v) is 16.0. The molecule has 0 aliphatic heterocycles. The number of pyridine rings is 1. The summed E-state index contributed by atoms with van der Waals surface area (Å²) < 4.78 is 10.7. The predicted octanol–water partition coefficient (Wildman–Crippen LogP) is 5.09. The van der Waals surface area contributed by atoms with Gasteiger partial charge in [0.05, 0.1) is 31.6 Å². The van der Waals surface area contributed by atoms with Crippen LogP contribution in [0.15, 0.2) is 24.4 Å². The third kappa shape index (κ3) is 4.58. The Morgan fingerprint density at radius 3 is 2.42 bits per heavy atom. The smallest absolute Gasteiger partial charge is 0.162 e. The number of rotatable bonds is 4. The molecule has 0 amide bonds. The molecule has 0 unspecified atom stereocenters. The lowest BCUT2D eigenvalue weighted by molar-refractivity contribution is 0.355. The van der Waals surface area contributed by atoms with E-state index in [1.165, 1.54) is 25.7 Å². The topological polar surface area (TPSA) is 43.4 Å². The highest BCUT2D eigenvalue weighted by Gasteiger charge is 2.18. The molecule has 2 atom stereocenters. The van der Waals surface area contributed by atoms with Crippen LogP contribution >= 0.6 is 24.8 Å². The SMILES string of the molecule is COc1cc2cc(N[C@H]3CCC[C@@H](C)C3)cnc2cc1OC.Cl.Cl. The van der Waals surface area contributed by atoms with E-state index in [-0.39, 0.29) is 24.8 Å². The van der Waals surface area contributed by atoms with Crippen LogP contribution in [0, 0.1) is 5.92 Å². The molecule has 1 N–H and O–H groups in total. The van der Waals surface area contributed by atoms with Gasteiger partial charge in [0.25, 0.3) is 0 Å². The number of aromatic nitrogens is 1. The molecule has 0 saturated heterocycles. The number of hydrogen-bond donors (Lipinski definition) is 1. The number of fused-ring (bicyclic) bond motifs is 1.